The molecule has 1 amide bonds. The zero-order chi connectivity index (χ0) is 18.1. The van der Waals surface area contributed by atoms with Gasteiger partial charge in [-0.15, -0.1) is 0 Å². The molecule has 2 aliphatic heterocycles. The predicted molar refractivity (Wildman–Crippen MR) is 100 cm³/mol. The summed E-state index contributed by atoms with van der Waals surface area (Å²) in [6.45, 7) is 6.62. The largest absolute Gasteiger partial charge is 0.333 e. The van der Waals surface area contributed by atoms with Gasteiger partial charge in [0.15, 0.2) is 5.82 Å². The van der Waals surface area contributed by atoms with Crippen LogP contribution in [0.3, 0.4) is 0 Å². The Balaban J connectivity index is 1.78. The second-order valence-electron chi connectivity index (χ2n) is 6.88. The van der Waals surface area contributed by atoms with Gasteiger partial charge < -0.3 is 4.90 Å². The lowest BCUT2D eigenvalue weighted by atomic mass is 9.94. The van der Waals surface area contributed by atoms with Gasteiger partial charge >= 0.3 is 0 Å². The van der Waals surface area contributed by atoms with Gasteiger partial charge in [-0.2, -0.15) is 0 Å². The molecular weight excluding hydrogens is 326 g/mol. The van der Waals surface area contributed by atoms with E-state index in [0.29, 0.717) is 19.0 Å². The quantitative estimate of drug-likeness (QED) is 0.856. The predicted octanol–water partition coefficient (Wildman–Crippen LogP) is 1.75. The van der Waals surface area contributed by atoms with Crippen LogP contribution in [0.25, 0.3) is 11.4 Å². The van der Waals surface area contributed by atoms with E-state index in [1.165, 1.54) is 11.6 Å². The average Bonchev–Trinajstić information content (AvgIpc) is 3.12. The number of nitrogens with zero attached hydrogens (tertiary/aromatic N) is 4. The molecule has 1 unspecified atom stereocenters. The zero-order valence-electron chi connectivity index (χ0n) is 15.0. The van der Waals surface area contributed by atoms with Gasteiger partial charge in [0.25, 0.3) is 0 Å². The smallest absolute Gasteiger partial charge is 0.246 e. The number of hydrogen-bond acceptors (Lipinski definition) is 5. The van der Waals surface area contributed by atoms with Crippen molar-refractivity contribution in [3.8, 4) is 11.4 Å². The fraction of sp³-hybridized carbons (Fsp3) is 0.350. The molecule has 0 bridgehead atoms. The molecule has 134 valence electrons. The van der Waals surface area contributed by atoms with Gasteiger partial charge in [-0.1, -0.05) is 36.9 Å². The van der Waals surface area contributed by atoms with Crippen LogP contribution in [0.4, 0.5) is 0 Å². The summed E-state index contributed by atoms with van der Waals surface area (Å²) in [5.74, 6) is 1.03. The summed E-state index contributed by atoms with van der Waals surface area (Å²) in [7, 11) is 2.05. The van der Waals surface area contributed by atoms with Gasteiger partial charge in [0, 0.05) is 38.2 Å². The van der Waals surface area contributed by atoms with Crippen LogP contribution in [0.5, 0.6) is 0 Å². The Morgan fingerprint density at radius 1 is 1.31 bits per heavy atom. The Kier molecular flexibility index (Phi) is 4.53. The number of amides is 1. The highest BCUT2D eigenvalue weighted by molar-refractivity contribution is 5.87. The Hall–Kier alpha value is -2.57. The van der Waals surface area contributed by atoms with Gasteiger partial charge in [-0.05, 0) is 18.1 Å². The maximum atomic E-state index is 12.1. The third kappa shape index (κ3) is 3.13. The summed E-state index contributed by atoms with van der Waals surface area (Å²) in [6, 6.07) is 10.0. The summed E-state index contributed by atoms with van der Waals surface area (Å²) in [6.07, 6.45) is 2.17. The second kappa shape index (κ2) is 6.97. The summed E-state index contributed by atoms with van der Waals surface area (Å²) in [4.78, 5) is 23.7. The lowest BCUT2D eigenvalue weighted by molar-refractivity contribution is -0.126. The van der Waals surface area contributed by atoms with E-state index in [0.717, 1.165) is 42.3 Å². The molecule has 0 radical (unpaired) electrons. The lowest BCUT2D eigenvalue weighted by Gasteiger charge is -2.29. The highest BCUT2D eigenvalue weighted by Gasteiger charge is 2.30. The number of carbonyl (C=O) groups excluding carboxylic acids is 1. The van der Waals surface area contributed by atoms with Gasteiger partial charge in [0.05, 0.1) is 17.9 Å². The van der Waals surface area contributed by atoms with E-state index in [1.54, 1.807) is 4.90 Å². The van der Waals surface area contributed by atoms with Crippen LogP contribution in [0.2, 0.25) is 0 Å². The minimum atomic E-state index is -0.0423. The SMILES string of the molecule is C=CC(=O)N1CCc2c(nc(-c3ccccc3)nc2C2CNN(C)C2)C1. The van der Waals surface area contributed by atoms with E-state index in [4.69, 9.17) is 9.97 Å². The normalized spacial score (nSPS) is 20.0. The van der Waals surface area contributed by atoms with Crippen LogP contribution in [0, 0.1) is 0 Å². The second-order valence-corrected chi connectivity index (χ2v) is 6.88. The first-order valence-electron chi connectivity index (χ1n) is 8.97. The minimum absolute atomic E-state index is 0.0423. The molecule has 2 aliphatic rings. The maximum Gasteiger partial charge on any atom is 0.246 e. The molecule has 0 spiro atoms. The molecule has 1 aromatic heterocycles. The van der Waals surface area contributed by atoms with Crippen molar-refractivity contribution in [2.24, 2.45) is 0 Å². The fourth-order valence-corrected chi connectivity index (χ4v) is 3.74. The van der Waals surface area contributed by atoms with Crippen molar-refractivity contribution in [2.45, 2.75) is 18.9 Å². The van der Waals surface area contributed by atoms with Crippen LogP contribution in [0.1, 0.15) is 22.9 Å². The molecule has 6 nitrogen and oxygen atoms in total. The average molecular weight is 349 g/mol. The monoisotopic (exact) mass is 349 g/mol. The molecule has 1 saturated heterocycles. The van der Waals surface area contributed by atoms with Gasteiger partial charge in [-0.3, -0.25) is 10.2 Å². The molecule has 26 heavy (non-hydrogen) atoms. The number of carbonyl (C=O) groups is 1. The van der Waals surface area contributed by atoms with Crippen LogP contribution in [0.15, 0.2) is 43.0 Å². The van der Waals surface area contributed by atoms with E-state index >= 15 is 0 Å². The van der Waals surface area contributed by atoms with Crippen molar-refractivity contribution in [2.75, 3.05) is 26.7 Å². The minimum Gasteiger partial charge on any atom is -0.333 e. The third-order valence-corrected chi connectivity index (χ3v) is 5.10. The molecule has 1 fully saturated rings. The Labute approximate surface area is 153 Å². The van der Waals surface area contributed by atoms with Crippen molar-refractivity contribution in [1.29, 1.82) is 0 Å². The van der Waals surface area contributed by atoms with E-state index < -0.39 is 0 Å². The molecule has 0 aliphatic carbocycles. The van der Waals surface area contributed by atoms with Gasteiger partial charge in [-0.25, -0.2) is 15.0 Å². The first kappa shape index (κ1) is 16.9. The molecule has 4 rings (SSSR count). The van der Waals surface area contributed by atoms with Gasteiger partial charge in [0.1, 0.15) is 0 Å². The van der Waals surface area contributed by atoms with Gasteiger partial charge in [0.2, 0.25) is 5.91 Å². The molecule has 0 saturated carbocycles. The summed E-state index contributed by atoms with van der Waals surface area (Å²) >= 11 is 0. The maximum absolute atomic E-state index is 12.1. The molecular formula is C20H23N5O. The number of hydrazine groups is 1. The van der Waals surface area contributed by atoms with Crippen LogP contribution < -0.4 is 5.43 Å². The van der Waals surface area contributed by atoms with Crippen molar-refractivity contribution < 1.29 is 4.79 Å². The number of fused-ring (bicyclic) bond motifs is 1. The topological polar surface area (TPSA) is 61.4 Å². The van der Waals surface area contributed by atoms with Crippen LogP contribution >= 0.6 is 0 Å². The van der Waals surface area contributed by atoms with E-state index in [9.17, 15) is 4.79 Å². The number of hydrogen-bond donors (Lipinski definition) is 1. The first-order chi connectivity index (χ1) is 12.7. The lowest BCUT2D eigenvalue weighted by Crippen LogP contribution is -2.36. The van der Waals surface area contributed by atoms with E-state index in [2.05, 4.69) is 24.1 Å². The molecule has 2 aromatic rings. The van der Waals surface area contributed by atoms with Crippen molar-refractivity contribution in [1.82, 2.24) is 25.3 Å². The Morgan fingerprint density at radius 2 is 2.12 bits per heavy atom. The molecule has 1 N–H and O–H groups in total. The van der Waals surface area contributed by atoms with Crippen molar-refractivity contribution in [3.63, 3.8) is 0 Å². The summed E-state index contributed by atoms with van der Waals surface area (Å²) < 4.78 is 0. The van der Waals surface area contributed by atoms with Crippen LogP contribution in [-0.4, -0.2) is 52.5 Å². The molecule has 3 heterocycles. The Morgan fingerprint density at radius 3 is 2.81 bits per heavy atom. The van der Waals surface area contributed by atoms with Crippen molar-refractivity contribution in [3.05, 3.63) is 59.9 Å². The summed E-state index contributed by atoms with van der Waals surface area (Å²) in [5.41, 5.74) is 7.66. The number of benzene rings is 1. The zero-order valence-corrected chi connectivity index (χ0v) is 15.0. The number of aromatic nitrogens is 2. The van der Waals surface area contributed by atoms with Crippen molar-refractivity contribution >= 4 is 5.91 Å². The molecule has 1 aromatic carbocycles. The highest BCUT2D eigenvalue weighted by atomic mass is 16.2. The number of likely N-dealkylation sites (N-methyl/N-ethyl adjacent to an activating group) is 1. The Bertz CT molecular complexity index is 836. The highest BCUT2D eigenvalue weighted by Crippen LogP contribution is 2.30. The number of nitrogens with one attached hydrogen (secondary N) is 1. The van der Waals surface area contributed by atoms with E-state index in [1.807, 2.05) is 30.3 Å². The fourth-order valence-electron chi connectivity index (χ4n) is 3.74. The summed E-state index contributed by atoms with van der Waals surface area (Å²) in [5, 5.41) is 2.11. The van der Waals surface area contributed by atoms with E-state index in [-0.39, 0.29) is 5.91 Å². The third-order valence-electron chi connectivity index (χ3n) is 5.10. The molecule has 1 atom stereocenters. The number of rotatable bonds is 3. The first-order valence-corrected chi connectivity index (χ1v) is 8.97. The van der Waals surface area contributed by atoms with Crippen LogP contribution in [-0.2, 0) is 17.8 Å². The molecule has 6 heteroatoms. The standard InChI is InChI=1S/C20H23N5O/c1-3-18(26)25-10-9-16-17(13-25)22-20(14-7-5-4-6-8-14)23-19(16)15-11-21-24(2)12-15/h3-8,15,21H,1,9-13H2,2H3.